The highest BCUT2D eigenvalue weighted by Gasteiger charge is 2.17. The Bertz CT molecular complexity index is 1120. The Kier molecular flexibility index (Phi) is 5.92. The van der Waals surface area contributed by atoms with E-state index in [4.69, 9.17) is 0 Å². The van der Waals surface area contributed by atoms with E-state index in [0.29, 0.717) is 0 Å². The molecule has 0 spiro atoms. The molecule has 0 amide bonds. The lowest BCUT2D eigenvalue weighted by atomic mass is 9.91. The summed E-state index contributed by atoms with van der Waals surface area (Å²) in [6.07, 6.45) is 7.00. The normalized spacial score (nSPS) is 13.8. The molecule has 0 N–H and O–H groups in total. The van der Waals surface area contributed by atoms with Crippen molar-refractivity contribution in [1.29, 1.82) is 0 Å². The molecule has 0 unspecified atom stereocenters. The van der Waals surface area contributed by atoms with Gasteiger partial charge in [-0.2, -0.15) is 0 Å². The quantitative estimate of drug-likeness (QED) is 0.413. The Hall–Kier alpha value is -2.64. The molecule has 152 valence electrons. The first-order valence-electron chi connectivity index (χ1n) is 11.1. The predicted octanol–water partition coefficient (Wildman–Crippen LogP) is 6.67. The van der Waals surface area contributed by atoms with Crippen LogP contribution in [0, 0.1) is 27.7 Å². The van der Waals surface area contributed by atoms with Gasteiger partial charge in [-0.05, 0) is 62.8 Å². The van der Waals surface area contributed by atoms with Crippen LogP contribution in [0.1, 0.15) is 42.0 Å². The molecule has 0 fully saturated rings. The molecular formula is C29H32Si. The van der Waals surface area contributed by atoms with E-state index in [1.54, 1.807) is 16.0 Å². The van der Waals surface area contributed by atoms with Crippen LogP contribution in [0.2, 0.25) is 0 Å². The summed E-state index contributed by atoms with van der Waals surface area (Å²) in [4.78, 5) is 0. The number of benzene rings is 3. The Morgan fingerprint density at radius 2 is 1.37 bits per heavy atom. The summed E-state index contributed by atoms with van der Waals surface area (Å²) in [5, 5.41) is 3.28. The van der Waals surface area contributed by atoms with E-state index in [0.717, 1.165) is 12.8 Å². The first-order valence-corrected chi connectivity index (χ1v) is 12.5. The molecule has 1 aliphatic rings. The SMILES string of the molecule is CCC1=C([SiH2]c2cccc(-c3cc(C)cc(C)c3)c2-c2cc(C)cc(C)c2)CC=C1. The molecule has 0 saturated heterocycles. The summed E-state index contributed by atoms with van der Waals surface area (Å²) < 4.78 is 0. The maximum absolute atomic E-state index is 2.39. The smallest absolute Gasteiger partial charge is 0.0806 e. The Morgan fingerprint density at radius 3 is 1.97 bits per heavy atom. The summed E-state index contributed by atoms with van der Waals surface area (Å²) in [7, 11) is -0.519. The second-order valence-corrected chi connectivity index (χ2v) is 10.8. The molecule has 0 heterocycles. The minimum Gasteiger partial charge on any atom is -0.0806 e. The number of hydrogen-bond donors (Lipinski definition) is 0. The van der Waals surface area contributed by atoms with Gasteiger partial charge in [0, 0.05) is 0 Å². The van der Waals surface area contributed by atoms with E-state index in [1.165, 1.54) is 44.5 Å². The number of allylic oxidation sites excluding steroid dienone is 4. The summed E-state index contributed by atoms with van der Waals surface area (Å²) in [5.41, 5.74) is 12.4. The molecule has 0 bridgehead atoms. The maximum atomic E-state index is 2.39. The number of hydrogen-bond acceptors (Lipinski definition) is 0. The lowest BCUT2D eigenvalue weighted by Gasteiger charge is -2.18. The fourth-order valence-corrected chi connectivity index (χ4v) is 7.14. The molecule has 3 aromatic rings. The molecule has 0 aromatic heterocycles. The van der Waals surface area contributed by atoms with E-state index in [9.17, 15) is 0 Å². The van der Waals surface area contributed by atoms with Crippen LogP contribution in [0.4, 0.5) is 0 Å². The predicted molar refractivity (Wildman–Crippen MR) is 136 cm³/mol. The van der Waals surface area contributed by atoms with E-state index in [2.05, 4.69) is 101 Å². The van der Waals surface area contributed by atoms with Crippen molar-refractivity contribution >= 4 is 14.7 Å². The molecule has 1 aliphatic carbocycles. The molecule has 0 aliphatic heterocycles. The third-order valence-corrected chi connectivity index (χ3v) is 8.26. The number of aryl methyl sites for hydroxylation is 4. The van der Waals surface area contributed by atoms with Crippen LogP contribution in [-0.2, 0) is 0 Å². The Labute approximate surface area is 184 Å². The standard InChI is InChI=1S/C29H32Si/c1-6-23-9-7-11-27(23)30-28-12-8-10-26(24-15-19(2)13-20(3)16-24)29(28)25-17-21(4)14-22(5)18-25/h7-10,12-18H,6,11,30H2,1-5H3. The minimum absolute atomic E-state index is 0.519. The van der Waals surface area contributed by atoms with Crippen molar-refractivity contribution in [2.45, 2.75) is 47.5 Å². The van der Waals surface area contributed by atoms with Crippen LogP contribution in [0.25, 0.3) is 22.3 Å². The lowest BCUT2D eigenvalue weighted by Crippen LogP contribution is -2.20. The molecule has 1 heteroatoms. The molecule has 0 radical (unpaired) electrons. The fraction of sp³-hybridized carbons (Fsp3) is 0.241. The fourth-order valence-electron chi connectivity index (χ4n) is 4.95. The summed E-state index contributed by atoms with van der Waals surface area (Å²) in [6.45, 7) is 11.1. The van der Waals surface area contributed by atoms with Crippen molar-refractivity contribution in [3.63, 3.8) is 0 Å². The minimum atomic E-state index is -0.519. The van der Waals surface area contributed by atoms with Gasteiger partial charge >= 0.3 is 0 Å². The third kappa shape index (κ3) is 4.27. The van der Waals surface area contributed by atoms with Gasteiger partial charge in [0.2, 0.25) is 0 Å². The van der Waals surface area contributed by atoms with E-state index in [1.807, 2.05) is 0 Å². The largest absolute Gasteiger partial charge is 0.0840 e. The monoisotopic (exact) mass is 408 g/mol. The van der Waals surface area contributed by atoms with Crippen LogP contribution < -0.4 is 5.19 Å². The Morgan fingerprint density at radius 1 is 0.767 bits per heavy atom. The highest BCUT2D eigenvalue weighted by atomic mass is 28.2. The van der Waals surface area contributed by atoms with Crippen molar-refractivity contribution in [2.24, 2.45) is 0 Å². The average molecular weight is 409 g/mol. The van der Waals surface area contributed by atoms with Crippen LogP contribution >= 0.6 is 0 Å². The van der Waals surface area contributed by atoms with Gasteiger partial charge in [-0.25, -0.2) is 0 Å². The van der Waals surface area contributed by atoms with Gasteiger partial charge in [0.1, 0.15) is 0 Å². The first kappa shape index (κ1) is 20.6. The van der Waals surface area contributed by atoms with Gasteiger partial charge in [0.15, 0.2) is 0 Å². The third-order valence-electron chi connectivity index (χ3n) is 6.12. The van der Waals surface area contributed by atoms with E-state index in [-0.39, 0.29) is 0 Å². The van der Waals surface area contributed by atoms with Crippen LogP contribution in [0.15, 0.2) is 77.5 Å². The highest BCUT2D eigenvalue weighted by molar-refractivity contribution is 6.63. The van der Waals surface area contributed by atoms with Gasteiger partial charge in [0.05, 0.1) is 9.52 Å². The van der Waals surface area contributed by atoms with Crippen molar-refractivity contribution in [3.05, 3.63) is 99.8 Å². The van der Waals surface area contributed by atoms with Crippen LogP contribution in [0.3, 0.4) is 0 Å². The average Bonchev–Trinajstić information content (AvgIpc) is 3.13. The molecule has 0 nitrogen and oxygen atoms in total. The highest BCUT2D eigenvalue weighted by Crippen LogP contribution is 2.34. The molecule has 30 heavy (non-hydrogen) atoms. The zero-order valence-corrected chi connectivity index (χ0v) is 20.4. The summed E-state index contributed by atoms with van der Waals surface area (Å²) in [6, 6.07) is 20.9. The van der Waals surface area contributed by atoms with Gasteiger partial charge < -0.3 is 0 Å². The molecule has 0 atom stereocenters. The van der Waals surface area contributed by atoms with Crippen LogP contribution in [0.5, 0.6) is 0 Å². The van der Waals surface area contributed by atoms with Gasteiger partial charge in [-0.1, -0.05) is 112 Å². The molecule has 3 aromatic carbocycles. The van der Waals surface area contributed by atoms with Crippen molar-refractivity contribution < 1.29 is 0 Å². The second-order valence-electron chi connectivity index (χ2n) is 8.86. The lowest BCUT2D eigenvalue weighted by molar-refractivity contribution is 1.14. The van der Waals surface area contributed by atoms with E-state index < -0.39 is 9.52 Å². The van der Waals surface area contributed by atoms with Crippen molar-refractivity contribution in [1.82, 2.24) is 0 Å². The zero-order chi connectivity index (χ0) is 21.3. The first-order chi connectivity index (χ1) is 14.4. The van der Waals surface area contributed by atoms with Gasteiger partial charge in [0.25, 0.3) is 0 Å². The molecule has 4 rings (SSSR count). The topological polar surface area (TPSA) is 0 Å². The molecule has 0 saturated carbocycles. The molecular weight excluding hydrogens is 376 g/mol. The van der Waals surface area contributed by atoms with Crippen molar-refractivity contribution in [2.75, 3.05) is 0 Å². The van der Waals surface area contributed by atoms with Crippen molar-refractivity contribution in [3.8, 4) is 22.3 Å². The second kappa shape index (κ2) is 8.61. The summed E-state index contributed by atoms with van der Waals surface area (Å²) >= 11 is 0. The maximum Gasteiger partial charge on any atom is 0.0840 e. The van der Waals surface area contributed by atoms with Gasteiger partial charge in [-0.15, -0.1) is 0 Å². The number of rotatable bonds is 5. The van der Waals surface area contributed by atoms with Crippen LogP contribution in [-0.4, -0.2) is 9.52 Å². The Balaban J connectivity index is 1.94. The van der Waals surface area contributed by atoms with E-state index >= 15 is 0 Å². The van der Waals surface area contributed by atoms with Gasteiger partial charge in [-0.3, -0.25) is 0 Å². The zero-order valence-electron chi connectivity index (χ0n) is 19.0. The summed E-state index contributed by atoms with van der Waals surface area (Å²) in [5.74, 6) is 0.